The Balaban J connectivity index is 1.59. The number of rotatable bonds is 4. The van der Waals surface area contributed by atoms with Gasteiger partial charge in [-0.2, -0.15) is 0 Å². The molecule has 2 fully saturated rings. The summed E-state index contributed by atoms with van der Waals surface area (Å²) in [5.41, 5.74) is 0.607. The molecule has 1 saturated carbocycles. The lowest BCUT2D eigenvalue weighted by Crippen LogP contribution is -2.41. The Morgan fingerprint density at radius 3 is 2.75 bits per heavy atom. The molecule has 0 radical (unpaired) electrons. The van der Waals surface area contributed by atoms with Crippen LogP contribution in [-0.2, 0) is 25.6 Å². The number of carbonyl (C=O) groups is 2. The van der Waals surface area contributed by atoms with Gasteiger partial charge in [0, 0.05) is 12.6 Å². The Morgan fingerprint density at radius 1 is 1.29 bits per heavy atom. The first-order valence-electron chi connectivity index (χ1n) is 8.31. The highest BCUT2D eigenvalue weighted by molar-refractivity contribution is 5.76. The molecular weight excluding hydrogens is 310 g/mol. The summed E-state index contributed by atoms with van der Waals surface area (Å²) >= 11 is 0. The fourth-order valence-electron chi connectivity index (χ4n) is 3.71. The van der Waals surface area contributed by atoms with Crippen LogP contribution in [0.2, 0.25) is 0 Å². The average Bonchev–Trinajstić information content (AvgIpc) is 3.20. The lowest BCUT2D eigenvalue weighted by Gasteiger charge is -2.22. The number of hydrogen-bond acceptors (Lipinski definition) is 5. The summed E-state index contributed by atoms with van der Waals surface area (Å²) in [7, 11) is 1.37. The Hall–Kier alpha value is -2.08. The minimum atomic E-state index is -0.521. The number of nitrogens with one attached hydrogen (secondary N) is 1. The Bertz CT molecular complexity index is 582. The highest BCUT2D eigenvalue weighted by atomic mass is 16.5. The van der Waals surface area contributed by atoms with E-state index in [1.807, 2.05) is 30.3 Å². The molecule has 1 N–H and O–H groups in total. The van der Waals surface area contributed by atoms with Gasteiger partial charge in [0.15, 0.2) is 0 Å². The first kappa shape index (κ1) is 16.8. The second kappa shape index (κ2) is 7.21. The van der Waals surface area contributed by atoms with Crippen LogP contribution in [0, 0.1) is 5.92 Å². The van der Waals surface area contributed by atoms with Gasteiger partial charge in [-0.3, -0.25) is 4.79 Å². The maximum absolute atomic E-state index is 12.1. The molecule has 3 rings (SSSR count). The lowest BCUT2D eigenvalue weighted by atomic mass is 9.97. The second-order valence-corrected chi connectivity index (χ2v) is 6.49. The Morgan fingerprint density at radius 2 is 2.08 bits per heavy atom. The molecule has 2 aliphatic rings. The normalized spacial score (nSPS) is 28.7. The molecule has 3 atom stereocenters. The molecule has 1 aliphatic heterocycles. The molecule has 130 valence electrons. The zero-order chi connectivity index (χ0) is 17.0. The van der Waals surface area contributed by atoms with Gasteiger partial charge in [0.25, 0.3) is 0 Å². The molecule has 6 nitrogen and oxygen atoms in total. The number of hydrogen-bond donors (Lipinski definition) is 1. The predicted octanol–water partition coefficient (Wildman–Crippen LogP) is 2.41. The summed E-state index contributed by atoms with van der Waals surface area (Å²) in [6.07, 6.45) is 2.58. The van der Waals surface area contributed by atoms with Gasteiger partial charge in [0.2, 0.25) is 0 Å². The van der Waals surface area contributed by atoms with E-state index in [1.54, 1.807) is 0 Å². The van der Waals surface area contributed by atoms with Crippen molar-refractivity contribution in [3.8, 4) is 0 Å². The number of ether oxygens (including phenoxy) is 3. The molecule has 24 heavy (non-hydrogen) atoms. The van der Waals surface area contributed by atoms with Crippen molar-refractivity contribution < 1.29 is 23.8 Å². The van der Waals surface area contributed by atoms with Gasteiger partial charge in [-0.25, -0.2) is 4.79 Å². The largest absolute Gasteiger partial charge is 0.469 e. The molecule has 1 amide bonds. The van der Waals surface area contributed by atoms with Crippen LogP contribution in [0.15, 0.2) is 30.3 Å². The van der Waals surface area contributed by atoms with E-state index in [4.69, 9.17) is 14.2 Å². The molecule has 1 aliphatic carbocycles. The van der Waals surface area contributed by atoms with Crippen LogP contribution >= 0.6 is 0 Å². The predicted molar refractivity (Wildman–Crippen MR) is 86.2 cm³/mol. The van der Waals surface area contributed by atoms with Crippen molar-refractivity contribution >= 4 is 12.1 Å². The van der Waals surface area contributed by atoms with Crippen LogP contribution in [0.1, 0.15) is 31.2 Å². The first-order valence-corrected chi connectivity index (χ1v) is 8.31. The third kappa shape index (κ3) is 3.70. The van der Waals surface area contributed by atoms with E-state index >= 15 is 0 Å². The maximum Gasteiger partial charge on any atom is 0.407 e. The van der Waals surface area contributed by atoms with Crippen LogP contribution in [0.5, 0.6) is 0 Å². The smallest absolute Gasteiger partial charge is 0.407 e. The Kier molecular flexibility index (Phi) is 5.04. The monoisotopic (exact) mass is 333 g/mol. The van der Waals surface area contributed by atoms with E-state index in [0.29, 0.717) is 19.4 Å². The Labute approximate surface area is 141 Å². The third-order valence-corrected chi connectivity index (χ3v) is 4.87. The van der Waals surface area contributed by atoms with Crippen molar-refractivity contribution in [2.45, 2.75) is 43.9 Å². The molecule has 1 spiro atoms. The van der Waals surface area contributed by atoms with Crippen LogP contribution < -0.4 is 5.32 Å². The quantitative estimate of drug-likeness (QED) is 0.857. The molecule has 6 heteroatoms. The number of esters is 1. The zero-order valence-corrected chi connectivity index (χ0v) is 13.8. The summed E-state index contributed by atoms with van der Waals surface area (Å²) < 4.78 is 16.0. The van der Waals surface area contributed by atoms with E-state index in [1.165, 1.54) is 7.11 Å². The van der Waals surface area contributed by atoms with Gasteiger partial charge < -0.3 is 19.5 Å². The number of benzene rings is 1. The van der Waals surface area contributed by atoms with Crippen molar-refractivity contribution in [2.75, 3.05) is 13.7 Å². The summed E-state index contributed by atoms with van der Waals surface area (Å²) in [4.78, 5) is 24.2. The van der Waals surface area contributed by atoms with Crippen molar-refractivity contribution in [3.63, 3.8) is 0 Å². The van der Waals surface area contributed by atoms with Gasteiger partial charge in [0.05, 0.1) is 18.6 Å². The number of carbonyl (C=O) groups excluding carboxylic acids is 2. The lowest BCUT2D eigenvalue weighted by molar-refractivity contribution is -0.146. The molecule has 0 aromatic heterocycles. The average molecular weight is 333 g/mol. The highest BCUT2D eigenvalue weighted by Crippen LogP contribution is 2.44. The van der Waals surface area contributed by atoms with Crippen LogP contribution in [-0.4, -0.2) is 37.4 Å². The van der Waals surface area contributed by atoms with Crippen molar-refractivity contribution in [3.05, 3.63) is 35.9 Å². The number of alkyl carbamates (subject to hydrolysis) is 1. The number of methoxy groups -OCH3 is 1. The third-order valence-electron chi connectivity index (χ3n) is 4.87. The zero-order valence-electron chi connectivity index (χ0n) is 13.8. The van der Waals surface area contributed by atoms with Gasteiger partial charge >= 0.3 is 12.1 Å². The topological polar surface area (TPSA) is 73.9 Å². The minimum absolute atomic E-state index is 0.198. The van der Waals surface area contributed by atoms with E-state index in [9.17, 15) is 9.59 Å². The minimum Gasteiger partial charge on any atom is -0.469 e. The van der Waals surface area contributed by atoms with E-state index in [0.717, 1.165) is 18.4 Å². The second-order valence-electron chi connectivity index (χ2n) is 6.49. The summed E-state index contributed by atoms with van der Waals surface area (Å²) in [5, 5.41) is 2.82. The van der Waals surface area contributed by atoms with Crippen molar-refractivity contribution in [1.29, 1.82) is 0 Å². The van der Waals surface area contributed by atoms with Gasteiger partial charge in [0.1, 0.15) is 6.61 Å². The molecule has 1 aromatic rings. The molecule has 1 saturated heterocycles. The summed E-state index contributed by atoms with van der Waals surface area (Å²) in [6.45, 7) is 0.906. The van der Waals surface area contributed by atoms with Crippen LogP contribution in [0.4, 0.5) is 4.79 Å². The summed E-state index contributed by atoms with van der Waals surface area (Å²) in [5.74, 6) is -0.701. The molecular formula is C18H23NO5. The van der Waals surface area contributed by atoms with Crippen molar-refractivity contribution in [1.82, 2.24) is 5.32 Å². The van der Waals surface area contributed by atoms with Gasteiger partial charge in [-0.1, -0.05) is 30.3 Å². The highest BCUT2D eigenvalue weighted by Gasteiger charge is 2.51. The fraction of sp³-hybridized carbons (Fsp3) is 0.556. The maximum atomic E-state index is 12.1. The summed E-state index contributed by atoms with van der Waals surface area (Å²) in [6, 6.07) is 9.15. The molecule has 1 aromatic carbocycles. The van der Waals surface area contributed by atoms with Gasteiger partial charge in [-0.15, -0.1) is 0 Å². The van der Waals surface area contributed by atoms with Gasteiger partial charge in [-0.05, 0) is 31.2 Å². The molecule has 1 unspecified atom stereocenters. The molecule has 0 bridgehead atoms. The van der Waals surface area contributed by atoms with E-state index in [-0.39, 0.29) is 24.2 Å². The first-order chi connectivity index (χ1) is 11.6. The standard InChI is InChI=1S/C18H23NO5/c1-22-16(20)14-10-18(8-5-9-24-18)11-15(14)19-17(21)23-12-13-6-3-2-4-7-13/h2-4,6-7,14-15H,5,8-12H2,1H3,(H,19,21)/t14-,15+,18?/m0/s1. The van der Waals surface area contributed by atoms with E-state index < -0.39 is 12.0 Å². The van der Waals surface area contributed by atoms with E-state index in [2.05, 4.69) is 5.32 Å². The number of amides is 1. The van der Waals surface area contributed by atoms with Crippen LogP contribution in [0.25, 0.3) is 0 Å². The van der Waals surface area contributed by atoms with Crippen LogP contribution in [0.3, 0.4) is 0 Å². The molecule has 1 heterocycles. The fourth-order valence-corrected chi connectivity index (χ4v) is 3.71. The van der Waals surface area contributed by atoms with Crippen molar-refractivity contribution in [2.24, 2.45) is 5.92 Å². The SMILES string of the molecule is COC(=O)[C@H]1CC2(CCCO2)C[C@H]1NC(=O)OCc1ccccc1.